The third kappa shape index (κ3) is 5.82. The van der Waals surface area contributed by atoms with Gasteiger partial charge in [-0.1, -0.05) is 45.4 Å². The molecule has 2 aliphatic heterocycles. The highest BCUT2D eigenvalue weighted by molar-refractivity contribution is 5.93. The lowest BCUT2D eigenvalue weighted by molar-refractivity contribution is -0.150. The smallest absolute Gasteiger partial charge is 0.325 e. The molecule has 1 aromatic carbocycles. The normalized spacial score (nSPS) is 17.1. The minimum absolute atomic E-state index is 0.0807. The fourth-order valence-corrected chi connectivity index (χ4v) is 5.99. The number of benzene rings is 1. The topological polar surface area (TPSA) is 92.5 Å². The number of carboxylic acid groups (broad SMARTS) is 1. The van der Waals surface area contributed by atoms with Gasteiger partial charge in [0, 0.05) is 49.8 Å². The van der Waals surface area contributed by atoms with Gasteiger partial charge in [0.25, 0.3) is 0 Å². The van der Waals surface area contributed by atoms with E-state index in [1.807, 2.05) is 28.8 Å². The van der Waals surface area contributed by atoms with Crippen molar-refractivity contribution in [3.8, 4) is 0 Å². The predicted octanol–water partition coefficient (Wildman–Crippen LogP) is 5.17. The van der Waals surface area contributed by atoms with Gasteiger partial charge in [0.15, 0.2) is 0 Å². The van der Waals surface area contributed by atoms with Gasteiger partial charge in [-0.15, -0.1) is 0 Å². The van der Waals surface area contributed by atoms with Crippen LogP contribution in [0.1, 0.15) is 80.6 Å². The molecule has 210 valence electrons. The fourth-order valence-electron chi connectivity index (χ4n) is 5.99. The molecule has 0 saturated carbocycles. The molecule has 1 atom stereocenters. The summed E-state index contributed by atoms with van der Waals surface area (Å²) >= 11 is 0. The van der Waals surface area contributed by atoms with Crippen LogP contribution in [0, 0.1) is 6.92 Å². The number of carboxylic acids is 1. The maximum absolute atomic E-state index is 12.5. The van der Waals surface area contributed by atoms with Crippen LogP contribution >= 0.6 is 0 Å². The number of aliphatic carboxylic acids is 1. The summed E-state index contributed by atoms with van der Waals surface area (Å²) in [5.74, 6) is 0.245. The summed E-state index contributed by atoms with van der Waals surface area (Å²) < 4.78 is 8.01. The average molecular weight is 534 g/mol. The van der Waals surface area contributed by atoms with E-state index >= 15 is 0 Å². The SMILES string of the molecule is Cc1ccc(C(C(=O)O)N2CC(OCCCCCc3ccc4c(n3)NCCC4)C2)c2c(C(C)(C)C)nn(C)c12. The Bertz CT molecular complexity index is 1340. The zero-order valence-corrected chi connectivity index (χ0v) is 24.1. The predicted molar refractivity (Wildman–Crippen MR) is 154 cm³/mol. The van der Waals surface area contributed by atoms with E-state index in [1.54, 1.807) is 0 Å². The summed E-state index contributed by atoms with van der Waals surface area (Å²) in [6.45, 7) is 11.4. The number of unbranched alkanes of at least 4 members (excludes halogenated alkanes) is 2. The number of carbonyl (C=O) groups is 1. The van der Waals surface area contributed by atoms with Gasteiger partial charge in [0.05, 0.1) is 17.3 Å². The molecule has 0 bridgehead atoms. The highest BCUT2D eigenvalue weighted by Gasteiger charge is 2.40. The molecule has 1 fully saturated rings. The molecule has 0 amide bonds. The van der Waals surface area contributed by atoms with Crippen molar-refractivity contribution in [2.24, 2.45) is 7.05 Å². The lowest BCUT2D eigenvalue weighted by Crippen LogP contribution is -2.55. The van der Waals surface area contributed by atoms with Gasteiger partial charge in [-0.05, 0) is 61.8 Å². The first kappa shape index (κ1) is 27.6. The van der Waals surface area contributed by atoms with Crippen molar-refractivity contribution in [2.45, 2.75) is 83.8 Å². The molecule has 2 N–H and O–H groups in total. The van der Waals surface area contributed by atoms with E-state index in [2.05, 4.69) is 45.1 Å². The standard InChI is InChI=1S/C31H43N5O3/c1-20-12-15-24(25-26(20)35(5)34-28(25)31(2,3)4)27(30(37)38)36-18-23(19-36)39-17-8-6-7-11-22-14-13-21-10-9-16-32-29(21)33-22/h12-15,23,27H,6-11,16-19H2,1-5H3,(H,32,33)(H,37,38). The van der Waals surface area contributed by atoms with E-state index in [0.29, 0.717) is 19.7 Å². The average Bonchev–Trinajstić information content (AvgIpc) is 3.23. The molecule has 5 rings (SSSR count). The molecule has 8 heteroatoms. The Kier molecular flexibility index (Phi) is 7.96. The second-order valence-electron chi connectivity index (χ2n) is 12.3. The molecule has 1 saturated heterocycles. The first-order chi connectivity index (χ1) is 18.6. The first-order valence-corrected chi connectivity index (χ1v) is 14.4. The number of nitrogens with zero attached hydrogens (tertiary/aromatic N) is 4. The number of rotatable bonds is 10. The maximum atomic E-state index is 12.5. The molecular formula is C31H43N5O3. The summed E-state index contributed by atoms with van der Waals surface area (Å²) in [4.78, 5) is 19.4. The van der Waals surface area contributed by atoms with E-state index in [4.69, 9.17) is 14.8 Å². The van der Waals surface area contributed by atoms with Gasteiger partial charge in [-0.25, -0.2) is 4.98 Å². The minimum atomic E-state index is -0.826. The van der Waals surface area contributed by atoms with Crippen LogP contribution in [0.3, 0.4) is 0 Å². The third-order valence-corrected chi connectivity index (χ3v) is 8.09. The molecule has 4 heterocycles. The van der Waals surface area contributed by atoms with Crippen molar-refractivity contribution in [1.82, 2.24) is 19.7 Å². The lowest BCUT2D eigenvalue weighted by Gasteiger charge is -2.42. The summed E-state index contributed by atoms with van der Waals surface area (Å²) in [5, 5.41) is 19.5. The Hall–Kier alpha value is -2.97. The number of aryl methyl sites for hydroxylation is 4. The molecule has 39 heavy (non-hydrogen) atoms. The summed E-state index contributed by atoms with van der Waals surface area (Å²) in [5.41, 5.74) is 6.18. The number of hydrogen-bond donors (Lipinski definition) is 2. The summed E-state index contributed by atoms with van der Waals surface area (Å²) in [6, 6.07) is 7.68. The number of ether oxygens (including phenoxy) is 1. The molecule has 3 aromatic rings. The van der Waals surface area contributed by atoms with E-state index in [0.717, 1.165) is 77.9 Å². The van der Waals surface area contributed by atoms with Crippen LogP contribution in [0.5, 0.6) is 0 Å². The van der Waals surface area contributed by atoms with E-state index in [1.165, 1.54) is 12.0 Å². The van der Waals surface area contributed by atoms with Crippen LogP contribution in [0.4, 0.5) is 5.82 Å². The lowest BCUT2D eigenvalue weighted by atomic mass is 9.86. The quantitative estimate of drug-likeness (QED) is 0.347. The third-order valence-electron chi connectivity index (χ3n) is 8.09. The number of anilines is 1. The molecule has 0 aliphatic carbocycles. The van der Waals surface area contributed by atoms with Crippen molar-refractivity contribution >= 4 is 22.7 Å². The number of pyridine rings is 1. The second-order valence-corrected chi connectivity index (χ2v) is 12.3. The second kappa shape index (κ2) is 11.3. The van der Waals surface area contributed by atoms with Crippen molar-refractivity contribution < 1.29 is 14.6 Å². The van der Waals surface area contributed by atoms with Gasteiger partial charge in [-0.2, -0.15) is 5.10 Å². The number of aromatic nitrogens is 3. The van der Waals surface area contributed by atoms with Crippen LogP contribution in [-0.2, 0) is 34.8 Å². The summed E-state index contributed by atoms with van der Waals surface area (Å²) in [7, 11) is 1.94. The Balaban J connectivity index is 1.13. The molecule has 0 radical (unpaired) electrons. The van der Waals surface area contributed by atoms with E-state index in [-0.39, 0.29) is 11.5 Å². The van der Waals surface area contributed by atoms with Gasteiger partial charge in [0.1, 0.15) is 11.9 Å². The molecule has 1 unspecified atom stereocenters. The van der Waals surface area contributed by atoms with Crippen LogP contribution in [0.15, 0.2) is 24.3 Å². The van der Waals surface area contributed by atoms with Gasteiger partial charge >= 0.3 is 5.97 Å². The number of likely N-dealkylation sites (tertiary alicyclic amines) is 1. The van der Waals surface area contributed by atoms with Gasteiger partial charge < -0.3 is 15.2 Å². The highest BCUT2D eigenvalue weighted by atomic mass is 16.5. The highest BCUT2D eigenvalue weighted by Crippen LogP contribution is 2.38. The molecular weight excluding hydrogens is 490 g/mol. The maximum Gasteiger partial charge on any atom is 0.325 e. The Labute approximate surface area is 231 Å². The number of hydrogen-bond acceptors (Lipinski definition) is 6. The van der Waals surface area contributed by atoms with Crippen LogP contribution in [0.2, 0.25) is 0 Å². The molecule has 8 nitrogen and oxygen atoms in total. The largest absolute Gasteiger partial charge is 0.480 e. The van der Waals surface area contributed by atoms with Crippen molar-refractivity contribution in [2.75, 3.05) is 31.6 Å². The minimum Gasteiger partial charge on any atom is -0.480 e. The van der Waals surface area contributed by atoms with E-state index in [9.17, 15) is 9.90 Å². The molecule has 2 aliphatic rings. The molecule has 2 aromatic heterocycles. The zero-order valence-electron chi connectivity index (χ0n) is 24.1. The molecule has 0 spiro atoms. The fraction of sp³-hybridized carbons (Fsp3) is 0.581. The Morgan fingerprint density at radius 2 is 1.97 bits per heavy atom. The van der Waals surface area contributed by atoms with Crippen molar-refractivity contribution in [3.05, 3.63) is 52.3 Å². The number of nitrogens with one attached hydrogen (secondary N) is 1. The van der Waals surface area contributed by atoms with Crippen LogP contribution < -0.4 is 5.32 Å². The Morgan fingerprint density at radius 1 is 1.18 bits per heavy atom. The van der Waals surface area contributed by atoms with Crippen LogP contribution in [0.25, 0.3) is 10.9 Å². The van der Waals surface area contributed by atoms with E-state index < -0.39 is 12.0 Å². The zero-order chi connectivity index (χ0) is 27.7. The monoisotopic (exact) mass is 533 g/mol. The van der Waals surface area contributed by atoms with Crippen molar-refractivity contribution in [1.29, 1.82) is 0 Å². The van der Waals surface area contributed by atoms with Crippen molar-refractivity contribution in [3.63, 3.8) is 0 Å². The van der Waals surface area contributed by atoms with Gasteiger partial charge in [0.2, 0.25) is 0 Å². The Morgan fingerprint density at radius 3 is 2.72 bits per heavy atom. The first-order valence-electron chi connectivity index (χ1n) is 14.4. The van der Waals surface area contributed by atoms with Gasteiger partial charge in [-0.3, -0.25) is 14.4 Å². The van der Waals surface area contributed by atoms with Crippen LogP contribution in [-0.4, -0.2) is 63.1 Å². The summed E-state index contributed by atoms with van der Waals surface area (Å²) in [6.07, 6.45) is 6.57. The number of fused-ring (bicyclic) bond motifs is 2.